The van der Waals surface area contributed by atoms with E-state index in [1.165, 1.54) is 28.1 Å². The highest BCUT2D eigenvalue weighted by molar-refractivity contribution is 7.88. The van der Waals surface area contributed by atoms with Gasteiger partial charge in [-0.2, -0.15) is 0 Å². The first-order valence-electron chi connectivity index (χ1n) is 11.5. The molecular weight excluding hydrogens is 516 g/mol. The zero-order chi connectivity index (χ0) is 25.9. The van der Waals surface area contributed by atoms with Crippen molar-refractivity contribution in [3.8, 4) is 5.75 Å². The summed E-state index contributed by atoms with van der Waals surface area (Å²) < 4.78 is 36.5. The van der Waals surface area contributed by atoms with Crippen LogP contribution in [0.4, 0.5) is 5.82 Å². The Morgan fingerprint density at radius 3 is 2.68 bits per heavy atom. The number of ether oxygens (including phenoxy) is 2. The molecule has 200 valence electrons. The highest BCUT2D eigenvalue weighted by Gasteiger charge is 2.26. The summed E-state index contributed by atoms with van der Waals surface area (Å²) in [5.74, 6) is 0.103. The summed E-state index contributed by atoms with van der Waals surface area (Å²) in [4.78, 5) is 29.2. The number of nitrogens with two attached hydrogens (primary N) is 1. The van der Waals surface area contributed by atoms with Crippen LogP contribution < -0.4 is 15.8 Å². The molecule has 0 atom stereocenters. The van der Waals surface area contributed by atoms with Crippen LogP contribution in [-0.4, -0.2) is 61.6 Å². The minimum atomic E-state index is -3.22. The lowest BCUT2D eigenvalue weighted by molar-refractivity contribution is 0.0528. The van der Waals surface area contributed by atoms with E-state index in [1.807, 2.05) is 5.38 Å². The van der Waals surface area contributed by atoms with Crippen molar-refractivity contribution in [2.45, 2.75) is 39.8 Å². The van der Waals surface area contributed by atoms with E-state index in [9.17, 15) is 18.0 Å². The number of fused-ring (bicyclic) bond motifs is 1. The maximum atomic E-state index is 12.8. The minimum Gasteiger partial charge on any atom is -0.489 e. The molecule has 0 saturated carbocycles. The van der Waals surface area contributed by atoms with E-state index in [1.54, 1.807) is 31.2 Å². The lowest BCUT2D eigenvalue weighted by atomic mass is 10.1. The fourth-order valence-corrected chi connectivity index (χ4v) is 6.02. The first-order chi connectivity index (χ1) is 17.2. The fourth-order valence-electron chi connectivity index (χ4n) is 4.08. The van der Waals surface area contributed by atoms with Gasteiger partial charge in [0.25, 0.3) is 5.91 Å². The SMILES string of the molecule is C.CCOC(=O)c1cnc(N)c2c(COc3cccc(C(=O)NC4CCN(S(C)(=O)=O)CC4)c3)csc12. The van der Waals surface area contributed by atoms with E-state index < -0.39 is 16.0 Å². The number of hydrogen-bond acceptors (Lipinski definition) is 9. The molecule has 0 unspecified atom stereocenters. The number of sulfonamides is 1. The van der Waals surface area contributed by atoms with E-state index in [4.69, 9.17) is 15.2 Å². The Hall–Kier alpha value is -3.22. The second-order valence-electron chi connectivity index (χ2n) is 8.47. The number of aromatic nitrogens is 1. The first kappa shape index (κ1) is 28.4. The number of carbonyl (C=O) groups is 2. The van der Waals surface area contributed by atoms with Crippen LogP contribution in [0, 0.1) is 0 Å². The summed E-state index contributed by atoms with van der Waals surface area (Å²) >= 11 is 1.37. The average molecular weight is 549 g/mol. The van der Waals surface area contributed by atoms with Gasteiger partial charge in [0, 0.05) is 41.8 Å². The zero-order valence-corrected chi connectivity index (χ0v) is 21.7. The van der Waals surface area contributed by atoms with E-state index in [0.717, 1.165) is 5.56 Å². The van der Waals surface area contributed by atoms with Crippen molar-refractivity contribution in [3.05, 3.63) is 52.5 Å². The van der Waals surface area contributed by atoms with Crippen molar-refractivity contribution in [3.63, 3.8) is 0 Å². The maximum Gasteiger partial charge on any atom is 0.341 e. The molecule has 3 aromatic rings. The van der Waals surface area contributed by atoms with Crippen LogP contribution >= 0.6 is 11.3 Å². The van der Waals surface area contributed by atoms with Crippen LogP contribution in [0.25, 0.3) is 10.1 Å². The Labute approximate surface area is 220 Å². The van der Waals surface area contributed by atoms with Gasteiger partial charge in [-0.15, -0.1) is 11.3 Å². The molecule has 0 aliphatic carbocycles. The second kappa shape index (κ2) is 11.9. The molecule has 3 N–H and O–H groups in total. The van der Waals surface area contributed by atoms with Gasteiger partial charge in [-0.1, -0.05) is 13.5 Å². The van der Waals surface area contributed by atoms with Gasteiger partial charge < -0.3 is 20.5 Å². The summed E-state index contributed by atoms with van der Waals surface area (Å²) in [5.41, 5.74) is 7.68. The van der Waals surface area contributed by atoms with E-state index in [2.05, 4.69) is 10.3 Å². The van der Waals surface area contributed by atoms with Gasteiger partial charge in [0.15, 0.2) is 0 Å². The van der Waals surface area contributed by atoms with Gasteiger partial charge in [-0.3, -0.25) is 4.79 Å². The van der Waals surface area contributed by atoms with Gasteiger partial charge in [-0.05, 0) is 43.3 Å². The predicted molar refractivity (Wildman–Crippen MR) is 144 cm³/mol. The zero-order valence-electron chi connectivity index (χ0n) is 20.0. The fraction of sp³-hybridized carbons (Fsp3) is 0.400. The van der Waals surface area contributed by atoms with Crippen LogP contribution in [0.15, 0.2) is 35.8 Å². The molecule has 12 heteroatoms. The highest BCUT2D eigenvalue weighted by atomic mass is 32.2. The monoisotopic (exact) mass is 548 g/mol. The normalized spacial score (nSPS) is 14.6. The molecular formula is C25H32N4O6S2. The average Bonchev–Trinajstić information content (AvgIpc) is 3.28. The second-order valence-corrected chi connectivity index (χ2v) is 11.3. The molecule has 1 amide bonds. The molecule has 10 nitrogen and oxygen atoms in total. The summed E-state index contributed by atoms with van der Waals surface area (Å²) in [5, 5.41) is 5.50. The Bertz CT molecular complexity index is 1380. The number of esters is 1. The van der Waals surface area contributed by atoms with Crippen LogP contribution in [0.5, 0.6) is 5.75 Å². The first-order valence-corrected chi connectivity index (χ1v) is 14.2. The number of nitrogens with one attached hydrogen (secondary N) is 1. The third-order valence-corrected chi connectivity index (χ3v) is 8.31. The van der Waals surface area contributed by atoms with Gasteiger partial charge in [0.1, 0.15) is 18.2 Å². The molecule has 1 aliphatic rings. The van der Waals surface area contributed by atoms with Crippen molar-refractivity contribution >= 4 is 49.1 Å². The molecule has 0 radical (unpaired) electrons. The smallest absolute Gasteiger partial charge is 0.341 e. The van der Waals surface area contributed by atoms with Crippen molar-refractivity contribution in [2.75, 3.05) is 31.7 Å². The van der Waals surface area contributed by atoms with Crippen molar-refractivity contribution < 1.29 is 27.5 Å². The number of carbonyl (C=O) groups excluding carboxylic acids is 2. The van der Waals surface area contributed by atoms with Crippen molar-refractivity contribution in [1.82, 2.24) is 14.6 Å². The summed E-state index contributed by atoms with van der Waals surface area (Å²) in [6, 6.07) is 6.74. The molecule has 2 aromatic heterocycles. The van der Waals surface area contributed by atoms with Gasteiger partial charge >= 0.3 is 5.97 Å². The molecule has 3 heterocycles. The minimum absolute atomic E-state index is 0. The molecule has 0 bridgehead atoms. The number of benzene rings is 1. The number of anilines is 1. The van der Waals surface area contributed by atoms with Crippen molar-refractivity contribution in [1.29, 1.82) is 0 Å². The Morgan fingerprint density at radius 1 is 1.27 bits per heavy atom. The lowest BCUT2D eigenvalue weighted by Crippen LogP contribution is -2.46. The molecule has 1 aliphatic heterocycles. The summed E-state index contributed by atoms with van der Waals surface area (Å²) in [6.45, 7) is 2.95. The number of nitrogens with zero attached hydrogens (tertiary/aromatic N) is 2. The molecule has 4 rings (SSSR count). The third-order valence-electron chi connectivity index (χ3n) is 5.94. The lowest BCUT2D eigenvalue weighted by Gasteiger charge is -2.30. The number of nitrogen functional groups attached to an aromatic ring is 1. The number of amides is 1. The number of hydrogen-bond donors (Lipinski definition) is 2. The summed E-state index contributed by atoms with van der Waals surface area (Å²) in [6.07, 6.45) is 3.73. The topological polar surface area (TPSA) is 141 Å². The number of thiophene rings is 1. The van der Waals surface area contributed by atoms with Gasteiger partial charge in [-0.25, -0.2) is 22.5 Å². The van der Waals surface area contributed by atoms with Crippen LogP contribution in [-0.2, 0) is 21.4 Å². The van der Waals surface area contributed by atoms with Crippen LogP contribution in [0.3, 0.4) is 0 Å². The number of rotatable bonds is 8. The predicted octanol–water partition coefficient (Wildman–Crippen LogP) is 3.42. The quantitative estimate of drug-likeness (QED) is 0.408. The molecule has 1 saturated heterocycles. The Balaban J connectivity index is 0.00000380. The molecule has 1 fully saturated rings. The maximum absolute atomic E-state index is 12.8. The van der Waals surface area contributed by atoms with Crippen LogP contribution in [0.1, 0.15) is 53.5 Å². The summed E-state index contributed by atoms with van der Waals surface area (Å²) in [7, 11) is -3.22. The van der Waals surface area contributed by atoms with E-state index in [-0.39, 0.29) is 32.6 Å². The van der Waals surface area contributed by atoms with Gasteiger partial charge in [0.2, 0.25) is 10.0 Å². The van der Waals surface area contributed by atoms with E-state index >= 15 is 0 Å². The van der Waals surface area contributed by atoms with E-state index in [0.29, 0.717) is 58.7 Å². The highest BCUT2D eigenvalue weighted by Crippen LogP contribution is 2.33. The standard InChI is InChI=1S/C24H28N4O6S2.CH4/c1-3-33-24(30)19-12-26-22(25)20-16(14-35-21(19)20)13-34-18-6-4-5-15(11-18)23(29)27-17-7-9-28(10-8-17)36(2,31)32;/h4-6,11-12,14,17H,3,7-10,13H2,1-2H3,(H2,25,26)(H,27,29);1H4. The number of piperidine rings is 1. The molecule has 1 aromatic carbocycles. The molecule has 0 spiro atoms. The molecule has 37 heavy (non-hydrogen) atoms. The third kappa shape index (κ3) is 6.56. The van der Waals surface area contributed by atoms with Crippen LogP contribution in [0.2, 0.25) is 0 Å². The number of pyridine rings is 1. The Morgan fingerprint density at radius 2 is 2.00 bits per heavy atom. The van der Waals surface area contributed by atoms with Gasteiger partial charge in [0.05, 0.1) is 23.1 Å². The Kier molecular flexibility index (Phi) is 9.11. The largest absolute Gasteiger partial charge is 0.489 e. The van der Waals surface area contributed by atoms with Crippen molar-refractivity contribution in [2.24, 2.45) is 0 Å².